The molecule has 3 unspecified atom stereocenters. The van der Waals surface area contributed by atoms with E-state index in [1.165, 1.54) is 12.1 Å². The molecule has 1 fully saturated rings. The standard InChI is InChI=1S/C16H16ClN3O3S/c17-11-1-3-13(4-2-11)24(22,23)20-12-5-10(9-21)6-16(20)14-8-18-19-15(14)7-12/h1-4,8-10,12,16H,5-7H2,(H,18,19). The molecule has 24 heavy (non-hydrogen) atoms. The molecule has 1 aromatic heterocycles. The fourth-order valence-electron chi connectivity index (χ4n) is 3.84. The van der Waals surface area contributed by atoms with Gasteiger partial charge < -0.3 is 4.79 Å². The lowest BCUT2D eigenvalue weighted by atomic mass is 9.80. The second kappa shape index (κ2) is 5.68. The van der Waals surface area contributed by atoms with E-state index in [0.29, 0.717) is 24.3 Å². The highest BCUT2D eigenvalue weighted by atomic mass is 35.5. The van der Waals surface area contributed by atoms with E-state index < -0.39 is 10.0 Å². The first-order chi connectivity index (χ1) is 11.5. The van der Waals surface area contributed by atoms with Gasteiger partial charge in [0.15, 0.2) is 0 Å². The number of hydrogen-bond acceptors (Lipinski definition) is 4. The highest BCUT2D eigenvalue weighted by molar-refractivity contribution is 7.89. The zero-order valence-corrected chi connectivity index (χ0v) is 14.3. The number of rotatable bonds is 3. The highest BCUT2D eigenvalue weighted by Gasteiger charge is 2.47. The number of aldehydes is 1. The van der Waals surface area contributed by atoms with Crippen LogP contribution in [0.25, 0.3) is 0 Å². The number of sulfonamides is 1. The minimum absolute atomic E-state index is 0.125. The van der Waals surface area contributed by atoms with Gasteiger partial charge in [-0.3, -0.25) is 5.10 Å². The van der Waals surface area contributed by atoms with E-state index >= 15 is 0 Å². The van der Waals surface area contributed by atoms with Crippen molar-refractivity contribution in [2.75, 3.05) is 0 Å². The van der Waals surface area contributed by atoms with Gasteiger partial charge in [-0.05, 0) is 37.1 Å². The van der Waals surface area contributed by atoms with Crippen molar-refractivity contribution in [3.05, 3.63) is 46.7 Å². The van der Waals surface area contributed by atoms with Gasteiger partial charge in [-0.1, -0.05) is 11.6 Å². The highest BCUT2D eigenvalue weighted by Crippen LogP contribution is 2.45. The number of carbonyl (C=O) groups is 1. The lowest BCUT2D eigenvalue weighted by molar-refractivity contribution is -0.113. The molecule has 0 amide bonds. The van der Waals surface area contributed by atoms with Crippen LogP contribution in [0.5, 0.6) is 0 Å². The van der Waals surface area contributed by atoms with E-state index in [9.17, 15) is 13.2 Å². The van der Waals surface area contributed by atoms with Gasteiger partial charge >= 0.3 is 0 Å². The molecule has 2 aliphatic heterocycles. The van der Waals surface area contributed by atoms with Crippen molar-refractivity contribution in [2.24, 2.45) is 5.92 Å². The number of carbonyl (C=O) groups excluding carboxylic acids is 1. The van der Waals surface area contributed by atoms with Crippen molar-refractivity contribution >= 4 is 27.9 Å². The summed E-state index contributed by atoms with van der Waals surface area (Å²) in [5, 5.41) is 7.52. The number of aromatic nitrogens is 2. The van der Waals surface area contributed by atoms with Gasteiger partial charge in [-0.25, -0.2) is 8.42 Å². The average Bonchev–Trinajstić information content (AvgIpc) is 3.02. The van der Waals surface area contributed by atoms with E-state index in [2.05, 4.69) is 10.2 Å². The summed E-state index contributed by atoms with van der Waals surface area (Å²) < 4.78 is 28.0. The molecule has 3 atom stereocenters. The van der Waals surface area contributed by atoms with Crippen LogP contribution in [-0.4, -0.2) is 35.2 Å². The zero-order valence-electron chi connectivity index (χ0n) is 12.7. The summed E-state index contributed by atoms with van der Waals surface area (Å²) in [5.74, 6) is -0.125. The van der Waals surface area contributed by atoms with Crippen LogP contribution in [-0.2, 0) is 21.2 Å². The monoisotopic (exact) mass is 365 g/mol. The summed E-state index contributed by atoms with van der Waals surface area (Å²) in [6.07, 6.45) is 4.18. The van der Waals surface area contributed by atoms with Crippen LogP contribution in [0.1, 0.15) is 30.1 Å². The maximum atomic E-state index is 13.2. The Balaban J connectivity index is 1.80. The molecule has 6 nitrogen and oxygen atoms in total. The van der Waals surface area contributed by atoms with Crippen molar-refractivity contribution in [3.63, 3.8) is 0 Å². The van der Waals surface area contributed by atoms with Gasteiger partial charge in [0.05, 0.1) is 17.1 Å². The number of piperidine rings is 1. The molecule has 8 heteroatoms. The second-order valence-electron chi connectivity index (χ2n) is 6.33. The van der Waals surface area contributed by atoms with Crippen LogP contribution in [0, 0.1) is 5.92 Å². The third-order valence-electron chi connectivity index (χ3n) is 4.90. The molecule has 1 aromatic carbocycles. The quantitative estimate of drug-likeness (QED) is 0.846. The molecule has 2 aromatic rings. The van der Waals surface area contributed by atoms with Gasteiger partial charge in [-0.15, -0.1) is 0 Å². The summed E-state index contributed by atoms with van der Waals surface area (Å²) in [7, 11) is -3.67. The molecule has 0 radical (unpaired) electrons. The van der Waals surface area contributed by atoms with E-state index in [1.54, 1.807) is 22.6 Å². The first kappa shape index (κ1) is 15.8. The van der Waals surface area contributed by atoms with Crippen LogP contribution >= 0.6 is 11.6 Å². The lowest BCUT2D eigenvalue weighted by Crippen LogP contribution is -2.51. The number of fused-ring (bicyclic) bond motifs is 4. The largest absolute Gasteiger partial charge is 0.303 e. The molecule has 0 aliphatic carbocycles. The number of nitrogens with zero attached hydrogens (tertiary/aromatic N) is 2. The summed E-state index contributed by atoms with van der Waals surface area (Å²) in [5.41, 5.74) is 1.84. The molecule has 0 saturated carbocycles. The van der Waals surface area contributed by atoms with Crippen molar-refractivity contribution < 1.29 is 13.2 Å². The van der Waals surface area contributed by atoms with Gasteiger partial charge in [0.1, 0.15) is 6.29 Å². The predicted molar refractivity (Wildman–Crippen MR) is 88.1 cm³/mol. The Hall–Kier alpha value is -1.70. The van der Waals surface area contributed by atoms with Gasteiger partial charge in [0, 0.05) is 34.7 Å². The van der Waals surface area contributed by atoms with Crippen LogP contribution in [0.4, 0.5) is 0 Å². The minimum atomic E-state index is -3.67. The van der Waals surface area contributed by atoms with Crippen LogP contribution in [0.15, 0.2) is 35.4 Å². The van der Waals surface area contributed by atoms with Crippen LogP contribution < -0.4 is 0 Å². The van der Waals surface area contributed by atoms with Gasteiger partial charge in [0.25, 0.3) is 0 Å². The molecular weight excluding hydrogens is 350 g/mol. The molecule has 4 rings (SSSR count). The van der Waals surface area contributed by atoms with E-state index in [-0.39, 0.29) is 22.9 Å². The van der Waals surface area contributed by atoms with Crippen LogP contribution in [0.2, 0.25) is 5.02 Å². The third kappa shape index (κ3) is 2.39. The number of hydrogen-bond donors (Lipinski definition) is 1. The van der Waals surface area contributed by atoms with E-state index in [0.717, 1.165) is 17.5 Å². The summed E-state index contributed by atoms with van der Waals surface area (Å²) in [6, 6.07) is 5.59. The molecule has 1 N–H and O–H groups in total. The van der Waals surface area contributed by atoms with Crippen molar-refractivity contribution in [3.8, 4) is 0 Å². The summed E-state index contributed by atoms with van der Waals surface area (Å²) >= 11 is 5.87. The minimum Gasteiger partial charge on any atom is -0.303 e. The number of benzene rings is 1. The Morgan fingerprint density at radius 2 is 2.00 bits per heavy atom. The van der Waals surface area contributed by atoms with Crippen molar-refractivity contribution in [1.82, 2.24) is 14.5 Å². The van der Waals surface area contributed by atoms with Crippen LogP contribution in [0.3, 0.4) is 0 Å². The normalized spacial score (nSPS) is 26.8. The summed E-state index contributed by atoms with van der Waals surface area (Å²) in [6.45, 7) is 0. The molecule has 2 bridgehead atoms. The molecule has 3 heterocycles. The Kier molecular flexibility index (Phi) is 3.74. The number of halogens is 1. The Labute approximate surface area is 144 Å². The zero-order chi connectivity index (χ0) is 16.9. The van der Waals surface area contributed by atoms with Crippen molar-refractivity contribution in [1.29, 1.82) is 0 Å². The Morgan fingerprint density at radius 1 is 1.25 bits per heavy atom. The fourth-order valence-corrected chi connectivity index (χ4v) is 5.78. The fraction of sp³-hybridized carbons (Fsp3) is 0.375. The predicted octanol–water partition coefficient (Wildman–Crippen LogP) is 2.33. The van der Waals surface area contributed by atoms with Gasteiger partial charge in [-0.2, -0.15) is 9.40 Å². The molecule has 2 aliphatic rings. The number of aromatic amines is 1. The maximum Gasteiger partial charge on any atom is 0.243 e. The molecule has 1 saturated heterocycles. The topological polar surface area (TPSA) is 83.1 Å². The van der Waals surface area contributed by atoms with E-state index in [1.807, 2.05) is 0 Å². The number of nitrogens with one attached hydrogen (secondary N) is 1. The Bertz CT molecular complexity index is 878. The van der Waals surface area contributed by atoms with E-state index in [4.69, 9.17) is 11.6 Å². The van der Waals surface area contributed by atoms with Gasteiger partial charge in [0.2, 0.25) is 10.0 Å². The summed E-state index contributed by atoms with van der Waals surface area (Å²) in [4.78, 5) is 11.5. The average molecular weight is 366 g/mol. The smallest absolute Gasteiger partial charge is 0.243 e. The maximum absolute atomic E-state index is 13.2. The second-order valence-corrected chi connectivity index (χ2v) is 8.61. The SMILES string of the molecule is O=CC1CC2Cc3[nH]ncc3C(C1)N2S(=O)(=O)c1ccc(Cl)cc1. The third-order valence-corrected chi connectivity index (χ3v) is 7.13. The first-order valence-corrected chi connectivity index (χ1v) is 9.59. The lowest BCUT2D eigenvalue weighted by Gasteiger charge is -2.46. The molecule has 0 spiro atoms. The molecular formula is C16H16ClN3O3S. The van der Waals surface area contributed by atoms with Crippen molar-refractivity contribution in [2.45, 2.75) is 36.2 Å². The number of H-pyrrole nitrogens is 1. The first-order valence-electron chi connectivity index (χ1n) is 7.77. The molecule has 126 valence electrons. The Morgan fingerprint density at radius 3 is 2.71 bits per heavy atom.